The van der Waals surface area contributed by atoms with Crippen molar-refractivity contribution in [3.05, 3.63) is 196 Å². The van der Waals surface area contributed by atoms with E-state index in [1.165, 1.54) is 83.1 Å². The molecule has 0 amide bonds. The van der Waals surface area contributed by atoms with E-state index in [0.717, 1.165) is 39.5 Å². The van der Waals surface area contributed by atoms with Gasteiger partial charge in [0.15, 0.2) is 0 Å². The molecule has 11 rings (SSSR count). The summed E-state index contributed by atoms with van der Waals surface area (Å²) in [4.78, 5) is 10.7. The van der Waals surface area contributed by atoms with E-state index >= 15 is 0 Å². The van der Waals surface area contributed by atoms with Gasteiger partial charge in [0.05, 0.1) is 27.8 Å². The maximum Gasteiger partial charge on any atom is 0.138 e. The van der Waals surface area contributed by atoms with E-state index < -0.39 is 5.41 Å². The molecule has 2 aliphatic carbocycles. The first kappa shape index (κ1) is 37.4. The van der Waals surface area contributed by atoms with Crippen LogP contribution in [0.3, 0.4) is 0 Å². The van der Waals surface area contributed by atoms with Crippen LogP contribution in [0, 0.1) is 20.8 Å². The number of rotatable bonds is 3. The number of hydrogen-bond donors (Lipinski definition) is 0. The highest BCUT2D eigenvalue weighted by molar-refractivity contribution is 6.11. The second-order valence-electron chi connectivity index (χ2n) is 19.6. The molecule has 0 atom stereocenters. The highest BCUT2D eigenvalue weighted by Gasteiger charge is 2.52. The summed E-state index contributed by atoms with van der Waals surface area (Å²) in [5.74, 6) is 0.907. The lowest BCUT2D eigenvalue weighted by Gasteiger charge is -2.31. The summed E-state index contributed by atoms with van der Waals surface area (Å²) in [6.45, 7) is 20.4. The van der Waals surface area contributed by atoms with Crippen LogP contribution in [0.15, 0.2) is 146 Å². The lowest BCUT2D eigenvalue weighted by molar-refractivity contribution is 0.589. The fraction of sp³-hybridized carbons (Fsp3) is 0.207. The molecule has 0 fully saturated rings. The Labute approximate surface area is 359 Å². The summed E-state index contributed by atoms with van der Waals surface area (Å²) < 4.78 is 2.38. The zero-order valence-corrected chi connectivity index (χ0v) is 36.7. The van der Waals surface area contributed by atoms with Crippen molar-refractivity contribution in [3.8, 4) is 50.6 Å². The summed E-state index contributed by atoms with van der Waals surface area (Å²) >= 11 is 0. The minimum absolute atomic E-state index is 0.0195. The molecule has 6 aromatic carbocycles. The molecular formula is C58H51N3. The van der Waals surface area contributed by atoms with E-state index in [0.29, 0.717) is 0 Å². The smallest absolute Gasteiger partial charge is 0.138 e. The molecule has 298 valence electrons. The van der Waals surface area contributed by atoms with Gasteiger partial charge in [-0.15, -0.1) is 0 Å². The largest absolute Gasteiger partial charge is 0.294 e. The minimum Gasteiger partial charge on any atom is -0.294 e. The van der Waals surface area contributed by atoms with Crippen LogP contribution < -0.4 is 0 Å². The fourth-order valence-corrected chi connectivity index (χ4v) is 10.6. The van der Waals surface area contributed by atoms with E-state index in [1.807, 2.05) is 0 Å². The third-order valence-corrected chi connectivity index (χ3v) is 13.7. The average Bonchev–Trinajstić information content (AvgIpc) is 3.83. The van der Waals surface area contributed by atoms with Crippen molar-refractivity contribution >= 4 is 21.8 Å². The molecule has 61 heavy (non-hydrogen) atoms. The predicted molar refractivity (Wildman–Crippen MR) is 255 cm³/mol. The van der Waals surface area contributed by atoms with Gasteiger partial charge in [-0.2, -0.15) is 0 Å². The third kappa shape index (κ3) is 5.42. The molecule has 0 N–H and O–H groups in total. The highest BCUT2D eigenvalue weighted by atomic mass is 15.1. The van der Waals surface area contributed by atoms with Gasteiger partial charge in [-0.3, -0.25) is 9.55 Å². The standard InChI is InChI=1S/C58H51N3/c1-34-14-12-15-35(2)54(34)38-21-28-51-45(30-38)41-24-20-37(50-19-13-16-36(3)59-50)31-52(41)61(51)53-29-27-49-55(60-53)42-17-10-11-18-46(42)58(49)47-25-22-39(56(4,5)6)32-43(47)44-33-40(57(7,8)9)23-26-48(44)58/h10-33H,1-9H3. The first-order chi connectivity index (χ1) is 29.2. The maximum atomic E-state index is 5.79. The van der Waals surface area contributed by atoms with Gasteiger partial charge in [0.1, 0.15) is 5.82 Å². The lowest BCUT2D eigenvalue weighted by atomic mass is 9.70. The Hall–Kier alpha value is -6.58. The molecule has 9 aromatic rings. The molecule has 1 spiro atoms. The summed E-state index contributed by atoms with van der Waals surface area (Å²) in [6, 6.07) is 54.8. The molecule has 0 bridgehead atoms. The topological polar surface area (TPSA) is 30.7 Å². The number of hydrogen-bond acceptors (Lipinski definition) is 2. The number of benzene rings is 6. The average molecular weight is 790 g/mol. The predicted octanol–water partition coefficient (Wildman–Crippen LogP) is 14.8. The first-order valence-corrected chi connectivity index (χ1v) is 21.7. The summed E-state index contributed by atoms with van der Waals surface area (Å²) in [5, 5.41) is 2.41. The normalized spacial score (nSPS) is 13.8. The fourth-order valence-electron chi connectivity index (χ4n) is 10.6. The Morgan fingerprint density at radius 2 is 1.08 bits per heavy atom. The Morgan fingerprint density at radius 3 is 1.75 bits per heavy atom. The summed E-state index contributed by atoms with van der Waals surface area (Å²) in [7, 11) is 0. The van der Waals surface area contributed by atoms with Crippen LogP contribution >= 0.6 is 0 Å². The minimum atomic E-state index is -0.486. The zero-order valence-electron chi connectivity index (χ0n) is 36.7. The van der Waals surface area contributed by atoms with Gasteiger partial charge >= 0.3 is 0 Å². The molecule has 0 radical (unpaired) electrons. The Kier molecular flexibility index (Phi) is 7.95. The van der Waals surface area contributed by atoms with Gasteiger partial charge in [0, 0.05) is 27.6 Å². The van der Waals surface area contributed by atoms with Crippen LogP contribution in [0.2, 0.25) is 0 Å². The molecule has 0 saturated carbocycles. The van der Waals surface area contributed by atoms with Crippen molar-refractivity contribution in [2.45, 2.75) is 78.6 Å². The number of fused-ring (bicyclic) bond motifs is 13. The SMILES string of the molecule is Cc1cccc(-c2ccc3c4cc(-c5c(C)cccc5C)ccc4n(-c4ccc5c(n4)-c4ccccc4C54c5ccc(C(C)(C)C)cc5-c5cc(C(C)(C)C)ccc54)c3c2)n1. The van der Waals surface area contributed by atoms with Crippen molar-refractivity contribution in [2.24, 2.45) is 0 Å². The third-order valence-electron chi connectivity index (χ3n) is 13.7. The summed E-state index contributed by atoms with van der Waals surface area (Å²) in [6.07, 6.45) is 0. The van der Waals surface area contributed by atoms with Crippen molar-refractivity contribution < 1.29 is 0 Å². The van der Waals surface area contributed by atoms with Gasteiger partial charge < -0.3 is 0 Å². The van der Waals surface area contributed by atoms with Gasteiger partial charge in [0.25, 0.3) is 0 Å². The maximum absolute atomic E-state index is 5.79. The first-order valence-electron chi connectivity index (χ1n) is 21.7. The van der Waals surface area contributed by atoms with Crippen LogP contribution in [0.4, 0.5) is 0 Å². The van der Waals surface area contributed by atoms with Crippen molar-refractivity contribution in [3.63, 3.8) is 0 Å². The zero-order chi connectivity index (χ0) is 42.2. The van der Waals surface area contributed by atoms with Crippen LogP contribution in [-0.4, -0.2) is 14.5 Å². The van der Waals surface area contributed by atoms with Crippen molar-refractivity contribution in [1.29, 1.82) is 0 Å². The van der Waals surface area contributed by atoms with E-state index in [9.17, 15) is 0 Å². The Bertz CT molecular complexity index is 3220. The Balaban J connectivity index is 1.18. The van der Waals surface area contributed by atoms with Crippen molar-refractivity contribution in [2.75, 3.05) is 0 Å². The van der Waals surface area contributed by atoms with Crippen molar-refractivity contribution in [1.82, 2.24) is 14.5 Å². The van der Waals surface area contributed by atoms with Crippen LogP contribution in [0.5, 0.6) is 0 Å². The number of aromatic nitrogens is 3. The van der Waals surface area contributed by atoms with Gasteiger partial charge in [-0.05, 0) is 135 Å². The number of nitrogens with zero attached hydrogens (tertiary/aromatic N) is 3. The second-order valence-corrected chi connectivity index (χ2v) is 19.6. The lowest BCUT2D eigenvalue weighted by Crippen LogP contribution is -2.26. The van der Waals surface area contributed by atoms with E-state index in [-0.39, 0.29) is 10.8 Å². The summed E-state index contributed by atoms with van der Waals surface area (Å²) in [5.41, 5.74) is 22.8. The molecule has 0 aliphatic heterocycles. The monoisotopic (exact) mass is 789 g/mol. The van der Waals surface area contributed by atoms with Crippen LogP contribution in [-0.2, 0) is 16.2 Å². The molecule has 3 heteroatoms. The Morgan fingerprint density at radius 1 is 0.459 bits per heavy atom. The molecule has 0 unspecified atom stereocenters. The molecular weight excluding hydrogens is 739 g/mol. The molecule has 3 aromatic heterocycles. The second kappa shape index (κ2) is 13.0. The number of aryl methyl sites for hydroxylation is 3. The highest BCUT2D eigenvalue weighted by Crippen LogP contribution is 2.63. The van der Waals surface area contributed by atoms with Gasteiger partial charge in [-0.25, -0.2) is 4.98 Å². The molecule has 2 aliphatic rings. The van der Waals surface area contributed by atoms with E-state index in [2.05, 4.69) is 212 Å². The molecule has 3 heterocycles. The van der Waals surface area contributed by atoms with Gasteiger partial charge in [0.2, 0.25) is 0 Å². The van der Waals surface area contributed by atoms with Crippen LogP contribution in [0.1, 0.15) is 91.7 Å². The van der Waals surface area contributed by atoms with E-state index in [1.54, 1.807) is 0 Å². The van der Waals surface area contributed by atoms with E-state index in [4.69, 9.17) is 9.97 Å². The van der Waals surface area contributed by atoms with Gasteiger partial charge in [-0.1, -0.05) is 151 Å². The number of pyridine rings is 2. The molecule has 3 nitrogen and oxygen atoms in total. The van der Waals surface area contributed by atoms with Crippen LogP contribution in [0.25, 0.3) is 72.4 Å². The molecule has 0 saturated heterocycles. The quantitative estimate of drug-likeness (QED) is 0.178.